The van der Waals surface area contributed by atoms with Gasteiger partial charge in [-0.25, -0.2) is 8.42 Å². The van der Waals surface area contributed by atoms with E-state index in [0.717, 1.165) is 6.54 Å². The zero-order chi connectivity index (χ0) is 17.8. The molecular weight excluding hydrogens is 354 g/mol. The molecule has 0 radical (unpaired) electrons. The summed E-state index contributed by atoms with van der Waals surface area (Å²) in [5, 5.41) is 6.73. The second-order valence-corrected chi connectivity index (χ2v) is 10.7. The van der Waals surface area contributed by atoms with Crippen LogP contribution < -0.4 is 10.6 Å². The molecule has 5 nitrogen and oxygen atoms in total. The number of sulfone groups is 1. The van der Waals surface area contributed by atoms with Crippen LogP contribution >= 0.6 is 11.8 Å². The highest BCUT2D eigenvalue weighted by atomic mass is 32.2. The summed E-state index contributed by atoms with van der Waals surface area (Å²) < 4.78 is 23.4. The van der Waals surface area contributed by atoms with E-state index in [0.29, 0.717) is 12.4 Å². The van der Waals surface area contributed by atoms with E-state index < -0.39 is 9.84 Å². The molecular formula is C18H27N3O2S2. The van der Waals surface area contributed by atoms with Gasteiger partial charge >= 0.3 is 0 Å². The number of nitrogens with zero attached hydrogens (tertiary/aromatic N) is 1. The SMILES string of the molecule is CN=C(NCC1(Sc2ccccc2)CCCC1)NC1CCS(=O)(=O)C1. The quantitative estimate of drug-likeness (QED) is 0.606. The molecule has 1 aliphatic heterocycles. The number of guanidine groups is 1. The fraction of sp³-hybridized carbons (Fsp3) is 0.611. The molecule has 1 aromatic carbocycles. The lowest BCUT2D eigenvalue weighted by Crippen LogP contribution is -2.48. The largest absolute Gasteiger partial charge is 0.355 e. The standard InChI is InChI=1S/C18H27N3O2S2/c1-19-17(21-15-9-12-25(22,23)13-15)20-14-18(10-5-6-11-18)24-16-7-3-2-4-8-16/h2-4,7-8,15H,5-6,9-14H2,1H3,(H2,19,20,21). The molecule has 1 saturated heterocycles. The molecule has 2 aliphatic rings. The first kappa shape index (κ1) is 18.6. The summed E-state index contributed by atoms with van der Waals surface area (Å²) >= 11 is 1.95. The highest BCUT2D eigenvalue weighted by Gasteiger charge is 2.35. The molecule has 7 heteroatoms. The van der Waals surface area contributed by atoms with Crippen molar-refractivity contribution in [1.82, 2.24) is 10.6 Å². The number of hydrogen-bond donors (Lipinski definition) is 2. The second-order valence-electron chi connectivity index (χ2n) is 6.98. The molecule has 1 aliphatic carbocycles. The van der Waals surface area contributed by atoms with Crippen molar-refractivity contribution in [3.63, 3.8) is 0 Å². The maximum absolute atomic E-state index is 11.6. The van der Waals surface area contributed by atoms with Crippen molar-refractivity contribution in [2.75, 3.05) is 25.1 Å². The third-order valence-electron chi connectivity index (χ3n) is 4.97. The predicted molar refractivity (Wildman–Crippen MR) is 105 cm³/mol. The van der Waals surface area contributed by atoms with Gasteiger partial charge in [0.15, 0.2) is 15.8 Å². The van der Waals surface area contributed by atoms with E-state index in [1.54, 1.807) is 7.05 Å². The van der Waals surface area contributed by atoms with Crippen LogP contribution in [-0.2, 0) is 9.84 Å². The maximum atomic E-state index is 11.6. The van der Waals surface area contributed by atoms with Crippen molar-refractivity contribution in [1.29, 1.82) is 0 Å². The minimum atomic E-state index is -2.88. The Bertz CT molecular complexity index is 698. The van der Waals surface area contributed by atoms with Gasteiger partial charge in [0, 0.05) is 29.3 Å². The highest BCUT2D eigenvalue weighted by Crippen LogP contribution is 2.44. The number of rotatable bonds is 5. The average Bonchev–Trinajstić information content (AvgIpc) is 3.19. The maximum Gasteiger partial charge on any atom is 0.191 e. The monoisotopic (exact) mass is 381 g/mol. The van der Waals surface area contributed by atoms with E-state index in [-0.39, 0.29) is 22.3 Å². The summed E-state index contributed by atoms with van der Waals surface area (Å²) in [5.41, 5.74) is 0. The minimum Gasteiger partial charge on any atom is -0.355 e. The van der Waals surface area contributed by atoms with E-state index in [4.69, 9.17) is 0 Å². The van der Waals surface area contributed by atoms with Gasteiger partial charge < -0.3 is 10.6 Å². The molecule has 138 valence electrons. The highest BCUT2D eigenvalue weighted by molar-refractivity contribution is 8.00. The molecule has 0 spiro atoms. The Labute approximate surface area is 155 Å². The van der Waals surface area contributed by atoms with Crippen LogP contribution in [0.4, 0.5) is 0 Å². The summed E-state index contributed by atoms with van der Waals surface area (Å²) in [5.74, 6) is 1.19. The van der Waals surface area contributed by atoms with Gasteiger partial charge in [0.05, 0.1) is 11.5 Å². The summed E-state index contributed by atoms with van der Waals surface area (Å²) in [6, 6.07) is 10.5. The number of hydrogen-bond acceptors (Lipinski definition) is 4. The van der Waals surface area contributed by atoms with Crippen LogP contribution in [-0.4, -0.2) is 50.3 Å². The van der Waals surface area contributed by atoms with Gasteiger partial charge in [-0.1, -0.05) is 31.0 Å². The van der Waals surface area contributed by atoms with Gasteiger partial charge in [-0.05, 0) is 31.4 Å². The van der Waals surface area contributed by atoms with Crippen molar-refractivity contribution in [3.05, 3.63) is 30.3 Å². The van der Waals surface area contributed by atoms with E-state index >= 15 is 0 Å². The Hall–Kier alpha value is -1.21. The predicted octanol–water partition coefficient (Wildman–Crippen LogP) is 2.44. The molecule has 0 bridgehead atoms. The number of nitrogens with one attached hydrogen (secondary N) is 2. The van der Waals surface area contributed by atoms with Crippen LogP contribution in [0.1, 0.15) is 32.1 Å². The van der Waals surface area contributed by atoms with E-state index in [9.17, 15) is 8.42 Å². The zero-order valence-corrected chi connectivity index (χ0v) is 16.3. The van der Waals surface area contributed by atoms with Gasteiger partial charge in [0.1, 0.15) is 0 Å². The van der Waals surface area contributed by atoms with E-state index in [1.807, 2.05) is 17.8 Å². The summed E-state index contributed by atoms with van der Waals surface area (Å²) in [6.45, 7) is 0.839. The van der Waals surface area contributed by atoms with Crippen molar-refractivity contribution in [2.24, 2.45) is 4.99 Å². The van der Waals surface area contributed by atoms with Gasteiger partial charge in [0.25, 0.3) is 0 Å². The smallest absolute Gasteiger partial charge is 0.191 e. The molecule has 0 aromatic heterocycles. The Morgan fingerprint density at radius 2 is 2.00 bits per heavy atom. The molecule has 25 heavy (non-hydrogen) atoms. The van der Waals surface area contributed by atoms with Crippen LogP contribution in [0.5, 0.6) is 0 Å². The Morgan fingerprint density at radius 1 is 1.28 bits per heavy atom. The van der Waals surface area contributed by atoms with Gasteiger partial charge in [-0.2, -0.15) is 0 Å². The van der Waals surface area contributed by atoms with Gasteiger partial charge in [-0.15, -0.1) is 11.8 Å². The fourth-order valence-electron chi connectivity index (χ4n) is 3.61. The summed E-state index contributed by atoms with van der Waals surface area (Å²) in [4.78, 5) is 5.59. The average molecular weight is 382 g/mol. The van der Waals surface area contributed by atoms with Crippen LogP contribution in [0.25, 0.3) is 0 Å². The third-order valence-corrected chi connectivity index (χ3v) is 8.23. The lowest BCUT2D eigenvalue weighted by atomic mass is 10.1. The molecule has 1 unspecified atom stereocenters. The molecule has 2 N–H and O–H groups in total. The number of thioether (sulfide) groups is 1. The van der Waals surface area contributed by atoms with Crippen LogP contribution in [0.2, 0.25) is 0 Å². The fourth-order valence-corrected chi connectivity index (χ4v) is 6.72. The van der Waals surface area contributed by atoms with E-state index in [1.165, 1.54) is 30.6 Å². The topological polar surface area (TPSA) is 70.6 Å². The van der Waals surface area contributed by atoms with Crippen molar-refractivity contribution in [2.45, 2.75) is 47.8 Å². The Morgan fingerprint density at radius 3 is 2.60 bits per heavy atom. The Kier molecular flexibility index (Phi) is 5.94. The number of aliphatic imine (C=N–C) groups is 1. The minimum absolute atomic E-state index is 0.0301. The van der Waals surface area contributed by atoms with Crippen LogP contribution in [0, 0.1) is 0 Å². The summed E-state index contributed by atoms with van der Waals surface area (Å²) in [6.07, 6.45) is 5.55. The molecule has 1 aromatic rings. The van der Waals surface area contributed by atoms with Gasteiger partial charge in [0.2, 0.25) is 0 Å². The van der Waals surface area contributed by atoms with Crippen molar-refractivity contribution < 1.29 is 8.42 Å². The molecule has 0 amide bonds. The first-order chi connectivity index (χ1) is 12.0. The third kappa shape index (κ3) is 5.14. The van der Waals surface area contributed by atoms with Crippen molar-refractivity contribution >= 4 is 27.6 Å². The Balaban J connectivity index is 1.58. The molecule has 1 heterocycles. The molecule has 3 rings (SSSR count). The normalized spacial score (nSPS) is 25.0. The summed E-state index contributed by atoms with van der Waals surface area (Å²) in [7, 11) is -1.14. The van der Waals surface area contributed by atoms with Crippen LogP contribution in [0.3, 0.4) is 0 Å². The van der Waals surface area contributed by atoms with Crippen molar-refractivity contribution in [3.8, 4) is 0 Å². The lowest BCUT2D eigenvalue weighted by molar-refractivity contribution is 0.572. The number of benzene rings is 1. The van der Waals surface area contributed by atoms with Crippen LogP contribution in [0.15, 0.2) is 40.2 Å². The molecule has 2 fully saturated rings. The van der Waals surface area contributed by atoms with Gasteiger partial charge in [-0.3, -0.25) is 4.99 Å². The zero-order valence-electron chi connectivity index (χ0n) is 14.7. The first-order valence-electron chi connectivity index (χ1n) is 8.92. The molecule has 1 atom stereocenters. The van der Waals surface area contributed by atoms with E-state index in [2.05, 4.69) is 39.9 Å². The second kappa shape index (κ2) is 7.99. The first-order valence-corrected chi connectivity index (χ1v) is 11.6. The lowest BCUT2D eigenvalue weighted by Gasteiger charge is -2.30. The molecule has 1 saturated carbocycles.